The Bertz CT molecular complexity index is 1640. The first-order valence-corrected chi connectivity index (χ1v) is 14.8. The van der Waals surface area contributed by atoms with E-state index < -0.39 is 28.1 Å². The average Bonchev–Trinajstić information content (AvgIpc) is 3.32. The Balaban J connectivity index is 1.43. The van der Waals surface area contributed by atoms with E-state index in [1.54, 1.807) is 31.2 Å². The number of H-pyrrole nitrogens is 1. The van der Waals surface area contributed by atoms with Gasteiger partial charge in [0.15, 0.2) is 0 Å². The lowest BCUT2D eigenvalue weighted by molar-refractivity contribution is -0.150. The molecule has 1 aromatic heterocycles. The second-order valence-electron chi connectivity index (χ2n) is 10.8. The van der Waals surface area contributed by atoms with Crippen molar-refractivity contribution in [3.05, 3.63) is 89.6 Å². The molecule has 0 radical (unpaired) electrons. The zero-order valence-electron chi connectivity index (χ0n) is 22.3. The lowest BCUT2D eigenvalue weighted by Crippen LogP contribution is -2.59. The molecule has 2 aliphatic heterocycles. The van der Waals surface area contributed by atoms with Crippen LogP contribution in [0.2, 0.25) is 0 Å². The van der Waals surface area contributed by atoms with Gasteiger partial charge < -0.3 is 15.0 Å². The fourth-order valence-corrected chi connectivity index (χ4v) is 7.83. The van der Waals surface area contributed by atoms with E-state index >= 15 is 0 Å². The van der Waals surface area contributed by atoms with Crippen LogP contribution in [0.1, 0.15) is 36.2 Å². The van der Waals surface area contributed by atoms with Crippen LogP contribution in [-0.4, -0.2) is 59.4 Å². The lowest BCUT2D eigenvalue weighted by Gasteiger charge is -2.48. The van der Waals surface area contributed by atoms with Gasteiger partial charge in [-0.2, -0.15) is 4.31 Å². The van der Waals surface area contributed by atoms with Gasteiger partial charge in [-0.15, -0.1) is 0 Å². The molecule has 2 N–H and O–H groups in total. The van der Waals surface area contributed by atoms with Gasteiger partial charge in [0.05, 0.1) is 28.5 Å². The van der Waals surface area contributed by atoms with Gasteiger partial charge in [0.25, 0.3) is 0 Å². The molecule has 0 spiro atoms. The first-order chi connectivity index (χ1) is 18.7. The van der Waals surface area contributed by atoms with E-state index in [0.717, 1.165) is 33.3 Å². The Labute approximate surface area is 229 Å². The summed E-state index contributed by atoms with van der Waals surface area (Å²) in [7, 11) is -2.36. The molecule has 1 amide bonds. The average molecular weight is 544 g/mol. The molecule has 1 saturated heterocycles. The number of hydrogen-bond donors (Lipinski definition) is 2. The molecule has 7 nitrogen and oxygen atoms in total. The van der Waals surface area contributed by atoms with Crippen molar-refractivity contribution in [3.63, 3.8) is 0 Å². The van der Waals surface area contributed by atoms with Crippen molar-refractivity contribution in [1.82, 2.24) is 14.2 Å². The molecule has 3 heterocycles. The highest BCUT2D eigenvalue weighted by molar-refractivity contribution is 7.89. The van der Waals surface area contributed by atoms with Crippen molar-refractivity contribution in [1.29, 1.82) is 0 Å². The number of aryl methyl sites for hydroxylation is 1. The molecule has 39 heavy (non-hydrogen) atoms. The van der Waals surface area contributed by atoms with Crippen LogP contribution < -0.4 is 0 Å². The van der Waals surface area contributed by atoms with Crippen molar-refractivity contribution in [2.45, 2.75) is 49.8 Å². The number of aliphatic hydroxyl groups excluding tert-OH is 1. The molecule has 0 saturated carbocycles. The summed E-state index contributed by atoms with van der Waals surface area (Å²) in [6.07, 6.45) is 0.0985. The number of nitrogens with one attached hydrogen (secondary N) is 1. The Kier molecular flexibility index (Phi) is 6.37. The maximum atomic E-state index is 13.9. The smallest absolute Gasteiger partial charge is 0.243 e. The predicted molar refractivity (Wildman–Crippen MR) is 152 cm³/mol. The summed E-state index contributed by atoms with van der Waals surface area (Å²) in [4.78, 5) is 19.5. The van der Waals surface area contributed by atoms with Crippen molar-refractivity contribution in [3.8, 4) is 11.1 Å². The number of para-hydroxylation sites is 1. The Morgan fingerprint density at radius 1 is 1.03 bits per heavy atom. The summed E-state index contributed by atoms with van der Waals surface area (Å²) in [6.45, 7) is 4.01. The first kappa shape index (κ1) is 25.8. The highest BCUT2D eigenvalue weighted by Gasteiger charge is 2.50. The van der Waals surface area contributed by atoms with Gasteiger partial charge >= 0.3 is 0 Å². The molecule has 4 atom stereocenters. The number of benzene rings is 3. The summed E-state index contributed by atoms with van der Waals surface area (Å²) in [5.74, 6) is -1.05. The van der Waals surface area contributed by atoms with Gasteiger partial charge in [-0.1, -0.05) is 66.2 Å². The van der Waals surface area contributed by atoms with E-state index in [2.05, 4.69) is 35.3 Å². The zero-order valence-corrected chi connectivity index (χ0v) is 23.2. The third-order valence-electron chi connectivity index (χ3n) is 8.50. The maximum Gasteiger partial charge on any atom is 0.243 e. The van der Waals surface area contributed by atoms with Crippen molar-refractivity contribution in [2.75, 3.05) is 13.6 Å². The SMILES string of the molecule is Cc1ccc(S(=O)(=O)N(C)[C@H]2C[C@H]3c4[nH]c5c(-c6ccccc6)cccc5c4CCN3C(=O)[C@H]2[C@H](C)O)cc1. The third kappa shape index (κ3) is 4.18. The zero-order chi connectivity index (χ0) is 27.5. The summed E-state index contributed by atoms with van der Waals surface area (Å²) < 4.78 is 28.7. The number of carbonyl (C=O) groups is 1. The summed E-state index contributed by atoms with van der Waals surface area (Å²) in [6, 6.07) is 22.2. The number of aliphatic hydroxyl groups is 1. The van der Waals surface area contributed by atoms with Crippen LogP contribution in [0.5, 0.6) is 0 Å². The molecular formula is C31H33N3O4S. The number of piperidine rings is 1. The number of nitrogens with zero attached hydrogens (tertiary/aromatic N) is 2. The fourth-order valence-electron chi connectivity index (χ4n) is 6.45. The Hall–Kier alpha value is -3.46. The van der Waals surface area contributed by atoms with E-state index in [1.807, 2.05) is 30.0 Å². The normalized spacial score (nSPS) is 22.1. The van der Waals surface area contributed by atoms with E-state index in [1.165, 1.54) is 16.9 Å². The number of sulfonamides is 1. The molecule has 2 aliphatic rings. The molecule has 202 valence electrons. The topological polar surface area (TPSA) is 93.7 Å². The van der Waals surface area contributed by atoms with Gasteiger partial charge in [-0.3, -0.25) is 4.79 Å². The van der Waals surface area contributed by atoms with Gasteiger partial charge in [-0.05, 0) is 49.9 Å². The number of aromatic amines is 1. The fraction of sp³-hybridized carbons (Fsp3) is 0.323. The number of rotatable bonds is 5. The van der Waals surface area contributed by atoms with Gasteiger partial charge in [0, 0.05) is 36.3 Å². The summed E-state index contributed by atoms with van der Waals surface area (Å²) in [5.41, 5.74) is 6.32. The second kappa shape index (κ2) is 9.62. The predicted octanol–water partition coefficient (Wildman–Crippen LogP) is 4.66. The van der Waals surface area contributed by atoms with Crippen molar-refractivity contribution < 1.29 is 18.3 Å². The first-order valence-electron chi connectivity index (χ1n) is 13.4. The van der Waals surface area contributed by atoms with Crippen LogP contribution in [0.25, 0.3) is 22.0 Å². The van der Waals surface area contributed by atoms with Gasteiger partial charge in [0.2, 0.25) is 15.9 Å². The molecule has 8 heteroatoms. The summed E-state index contributed by atoms with van der Waals surface area (Å²) >= 11 is 0. The standard InChI is InChI=1S/C31H33N3O4S/c1-19-12-14-22(15-13-19)39(37,38)33(3)26-18-27-30-25(16-17-34(27)31(36)28(26)20(2)35)24-11-7-10-23(29(24)32-30)21-8-5-4-6-9-21/h4-15,20,26-28,32,35H,16-18H2,1-3H3/t20-,26-,27-,28-/m0/s1. The van der Waals surface area contributed by atoms with Crippen LogP contribution in [-0.2, 0) is 21.2 Å². The highest BCUT2D eigenvalue weighted by Crippen LogP contribution is 2.45. The number of hydrogen-bond acceptors (Lipinski definition) is 4. The van der Waals surface area contributed by atoms with Crippen molar-refractivity contribution in [2.24, 2.45) is 5.92 Å². The minimum absolute atomic E-state index is 0.178. The number of carbonyl (C=O) groups excluding carboxylic acids is 1. The van der Waals surface area contributed by atoms with Crippen LogP contribution in [0.4, 0.5) is 0 Å². The van der Waals surface area contributed by atoms with Crippen molar-refractivity contribution >= 4 is 26.8 Å². The number of aromatic nitrogens is 1. The molecule has 6 rings (SSSR count). The van der Waals surface area contributed by atoms with Gasteiger partial charge in [0.1, 0.15) is 0 Å². The third-order valence-corrected chi connectivity index (χ3v) is 10.4. The van der Waals surface area contributed by atoms with Crippen LogP contribution >= 0.6 is 0 Å². The van der Waals surface area contributed by atoms with E-state index in [-0.39, 0.29) is 16.8 Å². The molecule has 1 fully saturated rings. The molecule has 3 aromatic carbocycles. The van der Waals surface area contributed by atoms with Gasteiger partial charge in [-0.25, -0.2) is 8.42 Å². The van der Waals surface area contributed by atoms with Crippen LogP contribution in [0, 0.1) is 12.8 Å². The molecule has 4 aromatic rings. The Morgan fingerprint density at radius 2 is 1.74 bits per heavy atom. The van der Waals surface area contributed by atoms with Crippen LogP contribution in [0.15, 0.2) is 77.7 Å². The molecule has 0 bridgehead atoms. The largest absolute Gasteiger partial charge is 0.393 e. The number of fused-ring (bicyclic) bond motifs is 5. The molecule has 0 aliphatic carbocycles. The molecular weight excluding hydrogens is 510 g/mol. The molecule has 0 unspecified atom stereocenters. The maximum absolute atomic E-state index is 13.9. The van der Waals surface area contributed by atoms with E-state index in [9.17, 15) is 18.3 Å². The quantitative estimate of drug-likeness (QED) is 0.383. The highest BCUT2D eigenvalue weighted by atomic mass is 32.2. The Morgan fingerprint density at radius 3 is 2.44 bits per heavy atom. The minimum atomic E-state index is -3.89. The minimum Gasteiger partial charge on any atom is -0.393 e. The summed E-state index contributed by atoms with van der Waals surface area (Å²) in [5, 5.41) is 11.9. The lowest BCUT2D eigenvalue weighted by atomic mass is 9.80. The number of amides is 1. The van der Waals surface area contributed by atoms with E-state index in [4.69, 9.17) is 0 Å². The van der Waals surface area contributed by atoms with Crippen LogP contribution in [0.3, 0.4) is 0 Å². The second-order valence-corrected chi connectivity index (χ2v) is 12.8. The van der Waals surface area contributed by atoms with E-state index in [0.29, 0.717) is 19.4 Å². The monoisotopic (exact) mass is 543 g/mol.